The third-order valence-electron chi connectivity index (χ3n) is 2.06. The van der Waals surface area contributed by atoms with Crippen LogP contribution >= 0.6 is 0 Å². The average molecular weight is 226 g/mol. The lowest BCUT2D eigenvalue weighted by Gasteiger charge is -2.06. The molecule has 0 aliphatic carbocycles. The minimum absolute atomic E-state index is 0.0248. The van der Waals surface area contributed by atoms with E-state index in [4.69, 9.17) is 9.63 Å². The first-order chi connectivity index (χ1) is 7.41. The minimum Gasteiger partial charge on any atom is -0.480 e. The minimum atomic E-state index is -1.10. The highest BCUT2D eigenvalue weighted by Crippen LogP contribution is 2.13. The second-order valence-corrected chi connectivity index (χ2v) is 3.80. The molecule has 0 aromatic carbocycles. The van der Waals surface area contributed by atoms with E-state index in [-0.39, 0.29) is 11.7 Å². The second-order valence-electron chi connectivity index (χ2n) is 3.80. The fourth-order valence-corrected chi connectivity index (χ4v) is 0.997. The second kappa shape index (κ2) is 4.78. The topological polar surface area (TPSA) is 92.4 Å². The molecule has 0 fully saturated rings. The Labute approximate surface area is 92.6 Å². The van der Waals surface area contributed by atoms with Gasteiger partial charge in [-0.15, -0.1) is 0 Å². The number of carboxylic acids is 1. The Balaban J connectivity index is 2.70. The molecule has 1 aromatic heterocycles. The van der Waals surface area contributed by atoms with Crippen molar-refractivity contribution in [2.45, 2.75) is 32.7 Å². The first kappa shape index (κ1) is 12.2. The van der Waals surface area contributed by atoms with Crippen LogP contribution in [0.5, 0.6) is 0 Å². The van der Waals surface area contributed by atoms with Gasteiger partial charge in [0.15, 0.2) is 0 Å². The van der Waals surface area contributed by atoms with Gasteiger partial charge in [0.2, 0.25) is 5.76 Å². The number of rotatable bonds is 4. The molecule has 0 saturated heterocycles. The largest absolute Gasteiger partial charge is 0.480 e. The Morgan fingerprint density at radius 1 is 1.44 bits per heavy atom. The third kappa shape index (κ3) is 2.82. The van der Waals surface area contributed by atoms with Crippen LogP contribution in [-0.2, 0) is 4.79 Å². The quantitative estimate of drug-likeness (QED) is 0.799. The van der Waals surface area contributed by atoms with Gasteiger partial charge in [-0.25, -0.2) is 0 Å². The normalized spacial score (nSPS) is 12.5. The monoisotopic (exact) mass is 226 g/mol. The molecule has 16 heavy (non-hydrogen) atoms. The maximum absolute atomic E-state index is 11.5. The van der Waals surface area contributed by atoms with Crippen LogP contribution in [0, 0.1) is 0 Å². The number of carboxylic acid groups (broad SMARTS) is 1. The Morgan fingerprint density at radius 2 is 2.06 bits per heavy atom. The SMILES string of the molecule is CC(C)c1cc(C(=O)N[C@H](C)C(=O)O)on1. The summed E-state index contributed by atoms with van der Waals surface area (Å²) in [4.78, 5) is 22.0. The van der Waals surface area contributed by atoms with Crippen molar-refractivity contribution in [2.24, 2.45) is 0 Å². The zero-order valence-corrected chi connectivity index (χ0v) is 9.35. The summed E-state index contributed by atoms with van der Waals surface area (Å²) in [5, 5.41) is 14.6. The smallest absolute Gasteiger partial charge is 0.325 e. The average Bonchev–Trinajstić information content (AvgIpc) is 2.65. The van der Waals surface area contributed by atoms with E-state index in [1.54, 1.807) is 0 Å². The molecule has 2 N–H and O–H groups in total. The van der Waals surface area contributed by atoms with Gasteiger partial charge in [-0.05, 0) is 12.8 Å². The maximum Gasteiger partial charge on any atom is 0.325 e. The maximum atomic E-state index is 11.5. The molecule has 6 nitrogen and oxygen atoms in total. The van der Waals surface area contributed by atoms with Crippen molar-refractivity contribution in [1.29, 1.82) is 0 Å². The molecular weight excluding hydrogens is 212 g/mol. The highest BCUT2D eigenvalue weighted by molar-refractivity contribution is 5.94. The summed E-state index contributed by atoms with van der Waals surface area (Å²) in [5.74, 6) is -1.50. The number of carbonyl (C=O) groups is 2. The summed E-state index contributed by atoms with van der Waals surface area (Å²) in [6, 6.07) is 0.550. The summed E-state index contributed by atoms with van der Waals surface area (Å²) in [6.45, 7) is 5.21. The van der Waals surface area contributed by atoms with Crippen LogP contribution in [0.3, 0.4) is 0 Å². The van der Waals surface area contributed by atoms with E-state index in [2.05, 4.69) is 10.5 Å². The van der Waals surface area contributed by atoms with Gasteiger partial charge in [0.25, 0.3) is 5.91 Å². The molecule has 88 valence electrons. The molecule has 1 heterocycles. The zero-order valence-electron chi connectivity index (χ0n) is 9.35. The lowest BCUT2D eigenvalue weighted by molar-refractivity contribution is -0.138. The molecule has 6 heteroatoms. The van der Waals surface area contributed by atoms with Crippen LogP contribution in [0.4, 0.5) is 0 Å². The lowest BCUT2D eigenvalue weighted by atomic mass is 10.1. The molecule has 1 aromatic rings. The van der Waals surface area contributed by atoms with Crippen LogP contribution in [-0.4, -0.2) is 28.2 Å². The van der Waals surface area contributed by atoms with Gasteiger partial charge in [-0.3, -0.25) is 9.59 Å². The van der Waals surface area contributed by atoms with Crippen molar-refractivity contribution < 1.29 is 19.2 Å². The van der Waals surface area contributed by atoms with Gasteiger partial charge < -0.3 is 14.9 Å². The van der Waals surface area contributed by atoms with Crippen LogP contribution in [0.25, 0.3) is 0 Å². The number of nitrogens with zero attached hydrogens (tertiary/aromatic N) is 1. The fourth-order valence-electron chi connectivity index (χ4n) is 0.997. The zero-order chi connectivity index (χ0) is 12.3. The van der Waals surface area contributed by atoms with Crippen LogP contribution in [0.1, 0.15) is 42.9 Å². The summed E-state index contributed by atoms with van der Waals surface area (Å²) in [5.41, 5.74) is 0.660. The van der Waals surface area contributed by atoms with Crippen LogP contribution in [0.15, 0.2) is 10.6 Å². The summed E-state index contributed by atoms with van der Waals surface area (Å²) in [6.07, 6.45) is 0. The molecule has 0 aliphatic rings. The van der Waals surface area contributed by atoms with E-state index in [1.807, 2.05) is 13.8 Å². The van der Waals surface area contributed by atoms with E-state index in [9.17, 15) is 9.59 Å². The molecule has 0 saturated carbocycles. The van der Waals surface area contributed by atoms with Crippen molar-refractivity contribution in [3.8, 4) is 0 Å². The molecular formula is C10H14N2O4. The van der Waals surface area contributed by atoms with E-state index in [0.717, 1.165) is 0 Å². The lowest BCUT2D eigenvalue weighted by Crippen LogP contribution is -2.38. The molecule has 0 unspecified atom stereocenters. The first-order valence-corrected chi connectivity index (χ1v) is 4.92. The predicted molar refractivity (Wildman–Crippen MR) is 55.2 cm³/mol. The molecule has 1 rings (SSSR count). The standard InChI is InChI=1S/C10H14N2O4/c1-5(2)7-4-8(16-12-7)9(13)11-6(3)10(14)15/h4-6H,1-3H3,(H,11,13)(H,14,15)/t6-/m1/s1. The van der Waals surface area contributed by atoms with Crippen molar-refractivity contribution in [3.05, 3.63) is 17.5 Å². The van der Waals surface area contributed by atoms with Gasteiger partial charge in [0.1, 0.15) is 6.04 Å². The van der Waals surface area contributed by atoms with Crippen LogP contribution in [0.2, 0.25) is 0 Å². The van der Waals surface area contributed by atoms with E-state index >= 15 is 0 Å². The van der Waals surface area contributed by atoms with Gasteiger partial charge in [-0.1, -0.05) is 19.0 Å². The highest BCUT2D eigenvalue weighted by Gasteiger charge is 2.19. The molecule has 0 bridgehead atoms. The van der Waals surface area contributed by atoms with Crippen LogP contribution < -0.4 is 5.32 Å². The molecule has 0 aliphatic heterocycles. The third-order valence-corrected chi connectivity index (χ3v) is 2.06. The number of carbonyl (C=O) groups excluding carboxylic acids is 1. The summed E-state index contributed by atoms with van der Waals surface area (Å²) >= 11 is 0. The first-order valence-electron chi connectivity index (χ1n) is 4.92. The van der Waals surface area contributed by atoms with Gasteiger partial charge in [-0.2, -0.15) is 0 Å². The number of aliphatic carboxylic acids is 1. The Hall–Kier alpha value is -1.85. The number of nitrogens with one attached hydrogen (secondary N) is 1. The molecule has 0 spiro atoms. The van der Waals surface area contributed by atoms with Gasteiger partial charge in [0, 0.05) is 6.07 Å². The Morgan fingerprint density at radius 3 is 2.50 bits per heavy atom. The fraction of sp³-hybridized carbons (Fsp3) is 0.500. The van der Waals surface area contributed by atoms with Crippen molar-refractivity contribution in [3.63, 3.8) is 0 Å². The number of aromatic nitrogens is 1. The van der Waals surface area contributed by atoms with Crippen molar-refractivity contribution >= 4 is 11.9 Å². The highest BCUT2D eigenvalue weighted by atomic mass is 16.5. The summed E-state index contributed by atoms with van der Waals surface area (Å²) in [7, 11) is 0. The van der Waals surface area contributed by atoms with E-state index < -0.39 is 17.9 Å². The van der Waals surface area contributed by atoms with Gasteiger partial charge >= 0.3 is 5.97 Å². The summed E-state index contributed by atoms with van der Waals surface area (Å²) < 4.78 is 4.81. The van der Waals surface area contributed by atoms with Gasteiger partial charge in [0.05, 0.1) is 5.69 Å². The van der Waals surface area contributed by atoms with Crippen molar-refractivity contribution in [2.75, 3.05) is 0 Å². The molecule has 1 atom stereocenters. The Kier molecular flexibility index (Phi) is 3.65. The number of hydrogen-bond acceptors (Lipinski definition) is 4. The number of hydrogen-bond donors (Lipinski definition) is 2. The number of amides is 1. The predicted octanol–water partition coefficient (Wildman–Crippen LogP) is 1.00. The van der Waals surface area contributed by atoms with E-state index in [1.165, 1.54) is 13.0 Å². The molecule has 1 amide bonds. The van der Waals surface area contributed by atoms with E-state index in [0.29, 0.717) is 5.69 Å². The van der Waals surface area contributed by atoms with Crippen molar-refractivity contribution in [1.82, 2.24) is 10.5 Å². The molecule has 0 radical (unpaired) electrons. The Bertz CT molecular complexity index is 397.